The number of furan rings is 1. The fraction of sp³-hybridized carbons (Fsp3) is 0.417. The van der Waals surface area contributed by atoms with Crippen molar-refractivity contribution in [1.82, 2.24) is 5.32 Å². The van der Waals surface area contributed by atoms with Crippen LogP contribution in [0, 0.1) is 6.92 Å². The van der Waals surface area contributed by atoms with E-state index in [4.69, 9.17) is 4.42 Å². The van der Waals surface area contributed by atoms with Crippen LogP contribution in [-0.4, -0.2) is 5.91 Å². The van der Waals surface area contributed by atoms with Gasteiger partial charge in [0, 0.05) is 6.08 Å². The number of hydrogen-bond donors (Lipinski definition) is 1. The summed E-state index contributed by atoms with van der Waals surface area (Å²) in [6.07, 6.45) is 1.58. The van der Waals surface area contributed by atoms with E-state index in [1.54, 1.807) is 6.08 Å². The average Bonchev–Trinajstić information content (AvgIpc) is 2.49. The van der Waals surface area contributed by atoms with E-state index in [9.17, 15) is 4.79 Å². The summed E-state index contributed by atoms with van der Waals surface area (Å²) in [5.41, 5.74) is 0.982. The number of amides is 1. The largest absolute Gasteiger partial charge is 0.464 e. The number of hydrogen-bond acceptors (Lipinski definition) is 2. The quantitative estimate of drug-likeness (QED) is 0.774. The van der Waals surface area contributed by atoms with Gasteiger partial charge in [-0.05, 0) is 39.8 Å². The van der Waals surface area contributed by atoms with E-state index in [1.807, 2.05) is 39.8 Å². The Morgan fingerprint density at radius 3 is 2.60 bits per heavy atom. The van der Waals surface area contributed by atoms with Gasteiger partial charge in [-0.3, -0.25) is 4.79 Å². The van der Waals surface area contributed by atoms with Gasteiger partial charge >= 0.3 is 0 Å². The Hall–Kier alpha value is -1.51. The van der Waals surface area contributed by atoms with Gasteiger partial charge in [0.1, 0.15) is 11.5 Å². The molecule has 1 N–H and O–H groups in total. The topological polar surface area (TPSA) is 42.2 Å². The van der Waals surface area contributed by atoms with E-state index in [1.165, 1.54) is 0 Å². The molecule has 0 bridgehead atoms. The molecule has 0 saturated heterocycles. The van der Waals surface area contributed by atoms with Gasteiger partial charge in [-0.25, -0.2) is 0 Å². The molecule has 82 valence electrons. The molecular weight excluding hydrogens is 190 g/mol. The van der Waals surface area contributed by atoms with E-state index in [0.717, 1.165) is 17.1 Å². The minimum atomic E-state index is -0.0956. The highest BCUT2D eigenvalue weighted by Gasteiger charge is 2.10. The minimum Gasteiger partial charge on any atom is -0.464 e. The zero-order chi connectivity index (χ0) is 11.4. The molecule has 0 aliphatic carbocycles. The summed E-state index contributed by atoms with van der Waals surface area (Å²) in [6.45, 7) is 7.56. The predicted octanol–water partition coefficient (Wildman–Crippen LogP) is 2.73. The van der Waals surface area contributed by atoms with Gasteiger partial charge in [-0.15, -0.1) is 0 Å². The standard InChI is InChI=1S/C12H17NO2/c1-8(2)7-12(14)13-10(4)11-6-5-9(3)15-11/h5-7,10H,1-4H3,(H,13,14). The van der Waals surface area contributed by atoms with Gasteiger partial charge in [-0.1, -0.05) is 5.57 Å². The lowest BCUT2D eigenvalue weighted by Crippen LogP contribution is -2.24. The summed E-state index contributed by atoms with van der Waals surface area (Å²) in [4.78, 5) is 11.4. The molecule has 0 aliphatic rings. The number of allylic oxidation sites excluding steroid dienone is 1. The van der Waals surface area contributed by atoms with Crippen LogP contribution < -0.4 is 5.32 Å². The van der Waals surface area contributed by atoms with Crippen LogP contribution >= 0.6 is 0 Å². The van der Waals surface area contributed by atoms with E-state index in [2.05, 4.69) is 5.32 Å². The Labute approximate surface area is 90.2 Å². The number of carbonyl (C=O) groups excluding carboxylic acids is 1. The molecule has 0 fully saturated rings. The van der Waals surface area contributed by atoms with Crippen LogP contribution in [-0.2, 0) is 4.79 Å². The molecule has 0 radical (unpaired) electrons. The summed E-state index contributed by atoms with van der Waals surface area (Å²) in [5.74, 6) is 1.55. The summed E-state index contributed by atoms with van der Waals surface area (Å²) < 4.78 is 5.42. The third-order valence-corrected chi connectivity index (χ3v) is 1.97. The summed E-state index contributed by atoms with van der Waals surface area (Å²) in [6, 6.07) is 3.67. The van der Waals surface area contributed by atoms with E-state index < -0.39 is 0 Å². The van der Waals surface area contributed by atoms with Crippen molar-refractivity contribution in [2.45, 2.75) is 33.7 Å². The Balaban J connectivity index is 2.60. The first kappa shape index (κ1) is 11.6. The lowest BCUT2D eigenvalue weighted by Gasteiger charge is -2.09. The van der Waals surface area contributed by atoms with Crippen LogP contribution in [0.3, 0.4) is 0 Å². The van der Waals surface area contributed by atoms with Crippen molar-refractivity contribution >= 4 is 5.91 Å². The fourth-order valence-corrected chi connectivity index (χ4v) is 1.27. The van der Waals surface area contributed by atoms with Crippen LogP contribution in [0.25, 0.3) is 0 Å². The molecule has 0 spiro atoms. The molecular formula is C12H17NO2. The maximum absolute atomic E-state index is 11.4. The summed E-state index contributed by atoms with van der Waals surface area (Å²) in [5, 5.41) is 2.83. The highest BCUT2D eigenvalue weighted by Crippen LogP contribution is 2.15. The zero-order valence-corrected chi connectivity index (χ0v) is 9.63. The van der Waals surface area contributed by atoms with Gasteiger partial charge in [0.15, 0.2) is 0 Å². The molecule has 3 heteroatoms. The Morgan fingerprint density at radius 1 is 1.47 bits per heavy atom. The van der Waals surface area contributed by atoms with E-state index >= 15 is 0 Å². The first-order valence-electron chi connectivity index (χ1n) is 5.01. The van der Waals surface area contributed by atoms with Crippen molar-refractivity contribution in [3.63, 3.8) is 0 Å². The lowest BCUT2D eigenvalue weighted by molar-refractivity contribution is -0.117. The molecule has 1 heterocycles. The minimum absolute atomic E-state index is 0.0865. The molecule has 0 aromatic carbocycles. The molecule has 1 rings (SSSR count). The van der Waals surface area contributed by atoms with Crippen molar-refractivity contribution in [3.05, 3.63) is 35.3 Å². The van der Waals surface area contributed by atoms with Gasteiger partial charge in [0.05, 0.1) is 6.04 Å². The maximum Gasteiger partial charge on any atom is 0.244 e. The molecule has 1 aromatic rings. The van der Waals surface area contributed by atoms with Crippen molar-refractivity contribution in [2.24, 2.45) is 0 Å². The van der Waals surface area contributed by atoms with E-state index in [-0.39, 0.29) is 11.9 Å². The molecule has 3 nitrogen and oxygen atoms in total. The normalized spacial score (nSPS) is 12.0. The van der Waals surface area contributed by atoms with Crippen LogP contribution in [0.4, 0.5) is 0 Å². The smallest absolute Gasteiger partial charge is 0.244 e. The molecule has 0 saturated carbocycles. The maximum atomic E-state index is 11.4. The van der Waals surface area contributed by atoms with Crippen LogP contribution in [0.1, 0.15) is 38.3 Å². The highest BCUT2D eigenvalue weighted by molar-refractivity contribution is 5.88. The fourth-order valence-electron chi connectivity index (χ4n) is 1.27. The number of carbonyl (C=O) groups is 1. The first-order valence-corrected chi connectivity index (χ1v) is 5.01. The van der Waals surface area contributed by atoms with Crippen molar-refractivity contribution in [2.75, 3.05) is 0 Å². The van der Waals surface area contributed by atoms with Crippen LogP contribution in [0.2, 0.25) is 0 Å². The van der Waals surface area contributed by atoms with Crippen LogP contribution in [0.15, 0.2) is 28.2 Å². The van der Waals surface area contributed by atoms with Crippen molar-refractivity contribution in [1.29, 1.82) is 0 Å². The highest BCUT2D eigenvalue weighted by atomic mass is 16.3. The zero-order valence-electron chi connectivity index (χ0n) is 9.63. The Bertz CT molecular complexity index is 373. The Kier molecular flexibility index (Phi) is 3.72. The SMILES string of the molecule is CC(C)=CC(=O)NC(C)c1ccc(C)o1. The lowest BCUT2D eigenvalue weighted by atomic mass is 10.2. The molecule has 0 aliphatic heterocycles. The van der Waals surface area contributed by atoms with Gasteiger partial charge in [-0.2, -0.15) is 0 Å². The second-order valence-corrected chi connectivity index (χ2v) is 3.90. The Morgan fingerprint density at radius 2 is 2.13 bits per heavy atom. The van der Waals surface area contributed by atoms with E-state index in [0.29, 0.717) is 0 Å². The molecule has 15 heavy (non-hydrogen) atoms. The van der Waals surface area contributed by atoms with Gasteiger partial charge in [0.2, 0.25) is 5.91 Å². The monoisotopic (exact) mass is 207 g/mol. The second-order valence-electron chi connectivity index (χ2n) is 3.90. The molecule has 1 aromatic heterocycles. The van der Waals surface area contributed by atoms with Crippen molar-refractivity contribution < 1.29 is 9.21 Å². The van der Waals surface area contributed by atoms with Crippen LogP contribution in [0.5, 0.6) is 0 Å². The number of nitrogens with one attached hydrogen (secondary N) is 1. The van der Waals surface area contributed by atoms with Gasteiger partial charge < -0.3 is 9.73 Å². The van der Waals surface area contributed by atoms with Crippen molar-refractivity contribution in [3.8, 4) is 0 Å². The summed E-state index contributed by atoms with van der Waals surface area (Å²) in [7, 11) is 0. The first-order chi connectivity index (χ1) is 6.99. The van der Waals surface area contributed by atoms with Gasteiger partial charge in [0.25, 0.3) is 0 Å². The third-order valence-electron chi connectivity index (χ3n) is 1.97. The average molecular weight is 207 g/mol. The second kappa shape index (κ2) is 4.82. The summed E-state index contributed by atoms with van der Waals surface area (Å²) >= 11 is 0. The third kappa shape index (κ3) is 3.62. The number of rotatable bonds is 3. The molecule has 1 amide bonds. The molecule has 1 atom stereocenters. The predicted molar refractivity (Wildman–Crippen MR) is 59.4 cm³/mol. The molecule has 1 unspecified atom stereocenters. The number of aryl methyl sites for hydroxylation is 1.